The minimum atomic E-state index is -4.66. The van der Waals surface area contributed by atoms with Crippen molar-refractivity contribution in [1.82, 2.24) is 9.47 Å². The molecule has 3 atom stereocenters. The van der Waals surface area contributed by atoms with E-state index in [0.717, 1.165) is 46.2 Å². The number of hydrogen-bond donors (Lipinski definition) is 0. The molecule has 0 aliphatic carbocycles. The van der Waals surface area contributed by atoms with Crippen molar-refractivity contribution >= 4 is 46.5 Å². The van der Waals surface area contributed by atoms with Gasteiger partial charge in [0.1, 0.15) is 17.5 Å². The first-order valence-electron chi connectivity index (χ1n) is 13.0. The van der Waals surface area contributed by atoms with Gasteiger partial charge in [0, 0.05) is 23.9 Å². The predicted octanol–water partition coefficient (Wildman–Crippen LogP) is 3.59. The molecule has 220 valence electrons. The minimum Gasteiger partial charge on any atom is -0.497 e. The number of ether oxygens (including phenoxy) is 2. The summed E-state index contributed by atoms with van der Waals surface area (Å²) in [4.78, 5) is 56.6. The Hall–Kier alpha value is -3.62. The Morgan fingerprint density at radius 3 is 2.43 bits per heavy atom. The Labute approximate surface area is 245 Å². The Morgan fingerprint density at radius 2 is 1.76 bits per heavy atom. The molecule has 0 saturated carbocycles. The van der Waals surface area contributed by atoms with Gasteiger partial charge in [0.05, 0.1) is 42.5 Å². The number of aromatic nitrogens is 1. The SMILES string of the molecule is COc1ccc(C2c3sc(=O)n(CC(=O)N4CCOCC4)c3SC3C(=O)N(c4cccc(C(F)(F)F)c4)C(=O)C32)cc1. The number of benzene rings is 2. The zero-order chi connectivity index (χ0) is 29.8. The van der Waals surface area contributed by atoms with Gasteiger partial charge in [0.15, 0.2) is 0 Å². The van der Waals surface area contributed by atoms with Crippen LogP contribution in [-0.4, -0.2) is 65.9 Å². The number of hydrogen-bond acceptors (Lipinski definition) is 8. The van der Waals surface area contributed by atoms with Crippen LogP contribution in [-0.2, 0) is 31.8 Å². The number of halogens is 3. The molecule has 2 saturated heterocycles. The van der Waals surface area contributed by atoms with Gasteiger partial charge in [-0.1, -0.05) is 41.3 Å². The largest absolute Gasteiger partial charge is 0.497 e. The van der Waals surface area contributed by atoms with Crippen LogP contribution in [0.2, 0.25) is 0 Å². The number of amides is 3. The van der Waals surface area contributed by atoms with E-state index in [1.54, 1.807) is 29.2 Å². The van der Waals surface area contributed by atoms with Crippen LogP contribution in [0.3, 0.4) is 0 Å². The summed E-state index contributed by atoms with van der Waals surface area (Å²) in [7, 11) is 1.50. The van der Waals surface area contributed by atoms with Crippen LogP contribution < -0.4 is 14.5 Å². The third kappa shape index (κ3) is 4.90. The third-order valence-corrected chi connectivity index (χ3v) is 10.2. The second kappa shape index (κ2) is 10.9. The smallest absolute Gasteiger partial charge is 0.416 e. The highest BCUT2D eigenvalue weighted by atomic mass is 32.2. The number of nitrogens with zero attached hydrogens (tertiary/aromatic N) is 3. The van der Waals surface area contributed by atoms with Crippen LogP contribution >= 0.6 is 23.1 Å². The molecule has 3 aliphatic rings. The standard InChI is InChI=1S/C28H24F3N3O6S2/c1-39-18-7-5-15(6-8-18)20-21-22(25(37)34(24(21)36)17-4-2-3-16(13-17)28(29,30)31)41-26-23(20)42-27(38)33(26)14-19(35)32-9-11-40-12-10-32/h2-8,13,20-22H,9-12,14H2,1H3. The number of imide groups is 1. The van der Waals surface area contributed by atoms with Gasteiger partial charge in [-0.2, -0.15) is 13.2 Å². The number of thiazole rings is 1. The van der Waals surface area contributed by atoms with Crippen LogP contribution in [0.15, 0.2) is 58.4 Å². The Kier molecular flexibility index (Phi) is 7.39. The second-order valence-corrected chi connectivity index (χ2v) is 12.1. The van der Waals surface area contributed by atoms with Gasteiger partial charge in [-0.15, -0.1) is 0 Å². The van der Waals surface area contributed by atoms with Crippen LogP contribution in [0.25, 0.3) is 0 Å². The normalized spacial score (nSPS) is 22.2. The van der Waals surface area contributed by atoms with Crippen LogP contribution in [0.1, 0.15) is 21.9 Å². The lowest BCUT2D eigenvalue weighted by atomic mass is 9.83. The number of thioether (sulfide) groups is 1. The molecule has 3 unspecified atom stereocenters. The third-order valence-electron chi connectivity index (χ3n) is 7.61. The Morgan fingerprint density at radius 1 is 1.05 bits per heavy atom. The molecule has 0 radical (unpaired) electrons. The summed E-state index contributed by atoms with van der Waals surface area (Å²) in [5.41, 5.74) is -0.525. The Balaban J connectivity index is 1.43. The lowest BCUT2D eigenvalue weighted by Gasteiger charge is -2.31. The van der Waals surface area contributed by atoms with Crippen molar-refractivity contribution in [2.24, 2.45) is 5.92 Å². The molecule has 3 aliphatic heterocycles. The molecular weight excluding hydrogens is 595 g/mol. The first kappa shape index (κ1) is 28.5. The van der Waals surface area contributed by atoms with Gasteiger partial charge in [0.2, 0.25) is 17.7 Å². The van der Waals surface area contributed by atoms with Crippen molar-refractivity contribution in [3.63, 3.8) is 0 Å². The molecule has 3 amide bonds. The molecular formula is C28H24F3N3O6S2. The summed E-state index contributed by atoms with van der Waals surface area (Å²) < 4.78 is 52.3. The molecule has 0 bridgehead atoms. The van der Waals surface area contributed by atoms with Crippen LogP contribution in [0.5, 0.6) is 5.75 Å². The summed E-state index contributed by atoms with van der Waals surface area (Å²) in [5, 5.41) is -0.619. The molecule has 14 heteroatoms. The van der Waals surface area contributed by atoms with Crippen molar-refractivity contribution in [1.29, 1.82) is 0 Å². The maximum atomic E-state index is 13.9. The molecule has 2 fully saturated rings. The molecule has 4 heterocycles. The molecule has 9 nitrogen and oxygen atoms in total. The average Bonchev–Trinajstić information content (AvgIpc) is 3.43. The number of fused-ring (bicyclic) bond motifs is 2. The van der Waals surface area contributed by atoms with Crippen molar-refractivity contribution in [2.75, 3.05) is 38.3 Å². The molecule has 42 heavy (non-hydrogen) atoms. The first-order valence-corrected chi connectivity index (χ1v) is 14.7. The van der Waals surface area contributed by atoms with Gasteiger partial charge < -0.3 is 14.4 Å². The predicted molar refractivity (Wildman–Crippen MR) is 148 cm³/mol. The van der Waals surface area contributed by atoms with E-state index in [1.165, 1.54) is 17.7 Å². The van der Waals surface area contributed by atoms with Gasteiger partial charge in [0.25, 0.3) is 0 Å². The molecule has 1 aromatic heterocycles. The number of anilines is 1. The van der Waals surface area contributed by atoms with Crippen molar-refractivity contribution in [3.05, 3.63) is 74.2 Å². The van der Waals surface area contributed by atoms with E-state index in [2.05, 4.69) is 0 Å². The fourth-order valence-electron chi connectivity index (χ4n) is 5.55. The molecule has 6 rings (SSSR count). The topological polar surface area (TPSA) is 98.2 Å². The van der Waals surface area contributed by atoms with E-state index in [4.69, 9.17) is 9.47 Å². The van der Waals surface area contributed by atoms with E-state index < -0.39 is 45.5 Å². The average molecular weight is 620 g/mol. The number of carbonyl (C=O) groups excluding carboxylic acids is 3. The van der Waals surface area contributed by atoms with Crippen molar-refractivity contribution in [2.45, 2.75) is 28.9 Å². The van der Waals surface area contributed by atoms with E-state index >= 15 is 0 Å². The highest BCUT2D eigenvalue weighted by molar-refractivity contribution is 8.00. The number of methoxy groups -OCH3 is 1. The highest BCUT2D eigenvalue weighted by Gasteiger charge is 2.57. The zero-order valence-corrected chi connectivity index (χ0v) is 23.8. The molecule has 2 aromatic carbocycles. The maximum Gasteiger partial charge on any atom is 0.416 e. The summed E-state index contributed by atoms with van der Waals surface area (Å²) in [6.45, 7) is 1.32. The fourth-order valence-corrected chi connectivity index (χ4v) is 8.32. The quantitative estimate of drug-likeness (QED) is 0.403. The first-order chi connectivity index (χ1) is 20.1. The lowest BCUT2D eigenvalue weighted by molar-refractivity contribution is -0.138. The molecule has 0 N–H and O–H groups in total. The number of carbonyl (C=O) groups is 3. The van der Waals surface area contributed by atoms with E-state index in [1.807, 2.05) is 0 Å². The van der Waals surface area contributed by atoms with Gasteiger partial charge in [-0.25, -0.2) is 4.90 Å². The van der Waals surface area contributed by atoms with Crippen molar-refractivity contribution < 1.29 is 37.0 Å². The summed E-state index contributed by atoms with van der Waals surface area (Å²) in [6, 6.07) is 11.0. The van der Waals surface area contributed by atoms with Crippen LogP contribution in [0, 0.1) is 5.92 Å². The maximum absolute atomic E-state index is 13.9. The van der Waals surface area contributed by atoms with Crippen LogP contribution in [0.4, 0.5) is 18.9 Å². The summed E-state index contributed by atoms with van der Waals surface area (Å²) in [5.74, 6) is -2.78. The highest BCUT2D eigenvalue weighted by Crippen LogP contribution is 2.54. The van der Waals surface area contributed by atoms with Gasteiger partial charge >= 0.3 is 11.0 Å². The van der Waals surface area contributed by atoms with Crippen molar-refractivity contribution in [3.8, 4) is 5.75 Å². The molecule has 3 aromatic rings. The van der Waals surface area contributed by atoms with E-state index in [9.17, 15) is 32.3 Å². The monoisotopic (exact) mass is 619 g/mol. The zero-order valence-electron chi connectivity index (χ0n) is 22.1. The minimum absolute atomic E-state index is 0.174. The Bertz CT molecular complexity index is 1610. The number of rotatable bonds is 5. The fraction of sp³-hybridized carbons (Fsp3) is 0.357. The van der Waals surface area contributed by atoms with Gasteiger partial charge in [-0.05, 0) is 35.9 Å². The summed E-state index contributed by atoms with van der Waals surface area (Å²) >= 11 is 1.91. The number of morpholine rings is 1. The van der Waals surface area contributed by atoms with E-state index in [0.29, 0.717) is 47.5 Å². The number of alkyl halides is 3. The summed E-state index contributed by atoms with van der Waals surface area (Å²) in [6.07, 6.45) is -4.66. The second-order valence-electron chi connectivity index (χ2n) is 9.99. The molecule has 0 spiro atoms. The lowest BCUT2D eigenvalue weighted by Crippen LogP contribution is -2.43. The van der Waals surface area contributed by atoms with Gasteiger partial charge in [-0.3, -0.25) is 23.7 Å². The van der Waals surface area contributed by atoms with E-state index in [-0.39, 0.29) is 18.1 Å².